The molecule has 0 aliphatic heterocycles. The Balaban J connectivity index is 2.64. The Morgan fingerprint density at radius 3 is 1.58 bits per heavy atom. The summed E-state index contributed by atoms with van der Waals surface area (Å²) in [7, 11) is 0. The molecule has 3 aliphatic carbocycles. The zero-order chi connectivity index (χ0) is 7.97. The summed E-state index contributed by atoms with van der Waals surface area (Å²) >= 11 is 0. The third-order valence-corrected chi connectivity index (χ3v) is 2.36. The maximum Gasteiger partial charge on any atom is -0.0178 e. The molecule has 56 valence electrons. The molecule has 0 N–H and O–H groups in total. The fourth-order valence-electron chi connectivity index (χ4n) is 1.68. The molecule has 0 fully saturated rings. The molecule has 12 heavy (non-hydrogen) atoms. The molecule has 0 spiro atoms. The highest BCUT2D eigenvalue weighted by Gasteiger charge is 1.98. The highest BCUT2D eigenvalue weighted by atomic mass is 14.0. The normalized spacial score (nSPS) is 15.3. The second kappa shape index (κ2) is 1.98. The van der Waals surface area contributed by atoms with Gasteiger partial charge >= 0.3 is 0 Å². The van der Waals surface area contributed by atoms with E-state index in [4.69, 9.17) is 0 Å². The largest absolute Gasteiger partial charge is 0.0544 e. The third kappa shape index (κ3) is 0.722. The van der Waals surface area contributed by atoms with Crippen LogP contribution < -0.4 is 0 Å². The van der Waals surface area contributed by atoms with Crippen molar-refractivity contribution in [3.63, 3.8) is 0 Å². The van der Waals surface area contributed by atoms with Crippen molar-refractivity contribution in [2.45, 2.75) is 0 Å². The molecule has 0 radical (unpaired) electrons. The summed E-state index contributed by atoms with van der Waals surface area (Å²) in [6.45, 7) is 0. The van der Waals surface area contributed by atoms with Gasteiger partial charge in [-0.25, -0.2) is 0 Å². The van der Waals surface area contributed by atoms with Gasteiger partial charge in [0, 0.05) is 0 Å². The maximum atomic E-state index is 2.22. The topological polar surface area (TPSA) is 0 Å². The van der Waals surface area contributed by atoms with Gasteiger partial charge in [0.05, 0.1) is 0 Å². The molecule has 0 heterocycles. The van der Waals surface area contributed by atoms with Gasteiger partial charge < -0.3 is 0 Å². The van der Waals surface area contributed by atoms with Crippen LogP contribution >= 0.6 is 0 Å². The summed E-state index contributed by atoms with van der Waals surface area (Å²) in [6.07, 6.45) is 4.31. The Morgan fingerprint density at radius 1 is 0.583 bits per heavy atom. The minimum Gasteiger partial charge on any atom is -0.0544 e. The first kappa shape index (κ1) is 6.01. The van der Waals surface area contributed by atoms with E-state index in [1.54, 1.807) is 0 Å². The fourth-order valence-corrected chi connectivity index (χ4v) is 1.68. The van der Waals surface area contributed by atoms with Gasteiger partial charge in [-0.3, -0.25) is 0 Å². The van der Waals surface area contributed by atoms with Crippen LogP contribution in [0.25, 0.3) is 22.9 Å². The summed E-state index contributed by atoms with van der Waals surface area (Å²) in [4.78, 5) is 0. The lowest BCUT2D eigenvalue weighted by Gasteiger charge is -2.05. The van der Waals surface area contributed by atoms with Crippen LogP contribution in [0.5, 0.6) is 0 Å². The van der Waals surface area contributed by atoms with Crippen molar-refractivity contribution >= 4 is 22.9 Å². The van der Waals surface area contributed by atoms with E-state index in [0.29, 0.717) is 0 Å². The van der Waals surface area contributed by atoms with Crippen LogP contribution in [0.15, 0.2) is 36.4 Å². The Morgan fingerprint density at radius 2 is 1.08 bits per heavy atom. The van der Waals surface area contributed by atoms with Crippen molar-refractivity contribution in [1.82, 2.24) is 0 Å². The number of hydrogen-bond donors (Lipinski definition) is 0. The summed E-state index contributed by atoms with van der Waals surface area (Å²) in [5, 5.41) is 2.67. The highest BCUT2D eigenvalue weighted by molar-refractivity contribution is 5.90. The Kier molecular flexibility index (Phi) is 0.991. The number of benzene rings is 2. The zero-order valence-electron chi connectivity index (χ0n) is 6.62. The van der Waals surface area contributed by atoms with Gasteiger partial charge in [-0.05, 0) is 34.0 Å². The third-order valence-electron chi connectivity index (χ3n) is 2.36. The van der Waals surface area contributed by atoms with Crippen molar-refractivity contribution in [1.29, 1.82) is 0 Å². The molecule has 3 aliphatic rings. The first-order valence-electron chi connectivity index (χ1n) is 4.14. The van der Waals surface area contributed by atoms with Crippen molar-refractivity contribution in [3.05, 3.63) is 47.5 Å². The van der Waals surface area contributed by atoms with Crippen LogP contribution in [0.3, 0.4) is 0 Å². The smallest absolute Gasteiger partial charge is 0.0178 e. The average molecular weight is 152 g/mol. The highest BCUT2D eigenvalue weighted by Crippen LogP contribution is 2.23. The monoisotopic (exact) mass is 152 g/mol. The number of rotatable bonds is 0. The molecular weight excluding hydrogens is 144 g/mol. The molecule has 4 bridgehead atoms. The quantitative estimate of drug-likeness (QED) is 0.463. The summed E-state index contributed by atoms with van der Waals surface area (Å²) in [5.41, 5.74) is 2.59. The maximum absolute atomic E-state index is 2.22. The molecule has 0 saturated carbocycles. The summed E-state index contributed by atoms with van der Waals surface area (Å²) in [5.74, 6) is 0. The molecule has 2 aromatic carbocycles. The first-order valence-corrected chi connectivity index (χ1v) is 4.14. The number of fused-ring (bicyclic) bond motifs is 2. The number of hydrogen-bond acceptors (Lipinski definition) is 0. The second-order valence-corrected chi connectivity index (χ2v) is 3.20. The van der Waals surface area contributed by atoms with Crippen LogP contribution in [0, 0.1) is 0 Å². The molecule has 0 aromatic heterocycles. The lowest BCUT2D eigenvalue weighted by atomic mass is 10.0. The van der Waals surface area contributed by atoms with Crippen LogP contribution in [-0.2, 0) is 0 Å². The minimum absolute atomic E-state index is 1.30. The van der Waals surface area contributed by atoms with E-state index in [9.17, 15) is 0 Å². The van der Waals surface area contributed by atoms with Gasteiger partial charge in [-0.1, -0.05) is 36.4 Å². The molecular formula is C12H8. The van der Waals surface area contributed by atoms with Crippen molar-refractivity contribution in [3.8, 4) is 0 Å². The van der Waals surface area contributed by atoms with Crippen LogP contribution in [-0.4, -0.2) is 0 Å². The van der Waals surface area contributed by atoms with Crippen molar-refractivity contribution in [2.75, 3.05) is 0 Å². The van der Waals surface area contributed by atoms with E-state index in [-0.39, 0.29) is 0 Å². The SMILES string of the molecule is C1=C\c2ccc3cc/1ccc3c2. The molecule has 0 unspecified atom stereocenters. The van der Waals surface area contributed by atoms with Gasteiger partial charge in [0.2, 0.25) is 0 Å². The molecule has 0 nitrogen and oxygen atoms in total. The molecule has 0 atom stereocenters. The van der Waals surface area contributed by atoms with E-state index >= 15 is 0 Å². The molecule has 2 aromatic rings. The van der Waals surface area contributed by atoms with Crippen LogP contribution in [0.2, 0.25) is 0 Å². The van der Waals surface area contributed by atoms with Gasteiger partial charge in [-0.15, -0.1) is 0 Å². The minimum atomic E-state index is 1.30. The van der Waals surface area contributed by atoms with Crippen molar-refractivity contribution < 1.29 is 0 Å². The summed E-state index contributed by atoms with van der Waals surface area (Å²) in [6, 6.07) is 13.1. The second-order valence-electron chi connectivity index (χ2n) is 3.20. The van der Waals surface area contributed by atoms with E-state index in [2.05, 4.69) is 48.6 Å². The Labute approximate surface area is 71.1 Å². The Bertz CT molecular complexity index is 433. The zero-order valence-corrected chi connectivity index (χ0v) is 6.62. The first-order chi connectivity index (χ1) is 5.92. The lowest BCUT2D eigenvalue weighted by Crippen LogP contribution is -1.81. The van der Waals surface area contributed by atoms with Crippen molar-refractivity contribution in [2.24, 2.45) is 0 Å². The predicted octanol–water partition coefficient (Wildman–Crippen LogP) is 3.32. The van der Waals surface area contributed by atoms with Crippen LogP contribution in [0.4, 0.5) is 0 Å². The van der Waals surface area contributed by atoms with E-state index in [0.717, 1.165) is 0 Å². The Hall–Kier alpha value is -1.56. The van der Waals surface area contributed by atoms with E-state index < -0.39 is 0 Å². The van der Waals surface area contributed by atoms with Crippen LogP contribution in [0.1, 0.15) is 11.1 Å². The van der Waals surface area contributed by atoms with Gasteiger partial charge in [0.25, 0.3) is 0 Å². The predicted molar refractivity (Wildman–Crippen MR) is 52.9 cm³/mol. The van der Waals surface area contributed by atoms with Gasteiger partial charge in [-0.2, -0.15) is 0 Å². The fraction of sp³-hybridized carbons (Fsp3) is 0. The van der Waals surface area contributed by atoms with Gasteiger partial charge in [0.15, 0.2) is 0 Å². The average Bonchev–Trinajstić information content (AvgIpc) is 2.07. The molecule has 0 saturated heterocycles. The molecule has 0 heteroatoms. The van der Waals surface area contributed by atoms with E-state index in [1.165, 1.54) is 21.9 Å². The molecule has 0 amide bonds. The lowest BCUT2D eigenvalue weighted by molar-refractivity contribution is 1.66. The standard InChI is InChI=1S/C12H8/c1-2-10-4-6-11-7-9(1)3-5-12(11)8-10/h1-8H/b2-1-,9-1?,10-2?. The van der Waals surface area contributed by atoms with E-state index in [1.807, 2.05) is 0 Å². The van der Waals surface area contributed by atoms with Gasteiger partial charge in [0.1, 0.15) is 0 Å². The molecule has 5 rings (SSSR count). The summed E-state index contributed by atoms with van der Waals surface area (Å²) < 4.78 is 0.